The van der Waals surface area contributed by atoms with E-state index in [2.05, 4.69) is 21.0 Å². The summed E-state index contributed by atoms with van der Waals surface area (Å²) >= 11 is 6.19. The van der Waals surface area contributed by atoms with Crippen LogP contribution in [0.25, 0.3) is 0 Å². The van der Waals surface area contributed by atoms with Crippen molar-refractivity contribution in [2.24, 2.45) is 0 Å². The first-order valence-corrected chi connectivity index (χ1v) is 8.49. The maximum absolute atomic E-state index is 12.3. The Morgan fingerprint density at radius 2 is 2.12 bits per heavy atom. The maximum atomic E-state index is 12.3. The fraction of sp³-hybridized carbons (Fsp3) is 0.294. The van der Waals surface area contributed by atoms with Gasteiger partial charge in [0.05, 0.1) is 12.7 Å². The van der Waals surface area contributed by atoms with Crippen molar-refractivity contribution in [2.45, 2.75) is 32.4 Å². The number of halogens is 1. The van der Waals surface area contributed by atoms with E-state index < -0.39 is 18.0 Å². The van der Waals surface area contributed by atoms with Crippen LogP contribution >= 0.6 is 11.6 Å². The van der Waals surface area contributed by atoms with Gasteiger partial charge in [0.2, 0.25) is 5.91 Å². The molecule has 1 aliphatic heterocycles. The van der Waals surface area contributed by atoms with E-state index in [1.807, 2.05) is 25.1 Å². The van der Waals surface area contributed by atoms with E-state index in [-0.39, 0.29) is 18.7 Å². The summed E-state index contributed by atoms with van der Waals surface area (Å²) in [6, 6.07) is 6.22. The van der Waals surface area contributed by atoms with Gasteiger partial charge in [0.25, 0.3) is 5.91 Å². The van der Waals surface area contributed by atoms with E-state index in [0.717, 1.165) is 11.1 Å². The third-order valence-electron chi connectivity index (χ3n) is 4.08. The number of nitrogens with zero attached hydrogens (tertiary/aromatic N) is 2. The number of anilines is 1. The van der Waals surface area contributed by atoms with Crippen LogP contribution in [0.4, 0.5) is 10.6 Å². The molecule has 26 heavy (non-hydrogen) atoms. The summed E-state index contributed by atoms with van der Waals surface area (Å²) < 4.78 is 1.67. The molecule has 2 heterocycles. The van der Waals surface area contributed by atoms with Crippen molar-refractivity contribution < 1.29 is 14.4 Å². The van der Waals surface area contributed by atoms with E-state index in [4.69, 9.17) is 11.6 Å². The van der Waals surface area contributed by atoms with Crippen molar-refractivity contribution >= 4 is 35.3 Å². The van der Waals surface area contributed by atoms with Gasteiger partial charge in [0.15, 0.2) is 0 Å². The Morgan fingerprint density at radius 3 is 2.81 bits per heavy atom. The van der Waals surface area contributed by atoms with Crippen LogP contribution in [0, 0.1) is 6.92 Å². The minimum Gasteiger partial charge on any atom is -0.326 e. The molecule has 0 radical (unpaired) electrons. The number of hydrogen-bond donors (Lipinski definition) is 3. The largest absolute Gasteiger partial charge is 0.326 e. The lowest BCUT2D eigenvalue weighted by atomic mass is 10.1. The summed E-state index contributed by atoms with van der Waals surface area (Å²) in [4.78, 5) is 34.9. The number of aryl methyl sites for hydroxylation is 1. The van der Waals surface area contributed by atoms with Gasteiger partial charge >= 0.3 is 6.03 Å². The Bertz CT molecular complexity index is 864. The molecule has 1 fully saturated rings. The number of urea groups is 1. The summed E-state index contributed by atoms with van der Waals surface area (Å²) in [6.07, 6.45) is 1.98. The molecular formula is C17H18ClN5O3. The van der Waals surface area contributed by atoms with E-state index >= 15 is 0 Å². The van der Waals surface area contributed by atoms with Crippen LogP contribution in [0.2, 0.25) is 5.02 Å². The van der Waals surface area contributed by atoms with Gasteiger partial charge in [-0.3, -0.25) is 14.9 Å². The molecule has 0 aliphatic carbocycles. The minimum atomic E-state index is -0.678. The first-order valence-electron chi connectivity index (χ1n) is 8.11. The van der Waals surface area contributed by atoms with Gasteiger partial charge in [-0.1, -0.05) is 29.8 Å². The highest BCUT2D eigenvalue weighted by molar-refractivity contribution is 6.31. The second-order valence-electron chi connectivity index (χ2n) is 6.03. The number of benzene rings is 1. The molecule has 1 aromatic heterocycles. The lowest BCUT2D eigenvalue weighted by Crippen LogP contribution is -2.30. The number of carbonyl (C=O) groups is 3. The Hall–Kier alpha value is -2.87. The molecule has 8 nitrogen and oxygen atoms in total. The number of rotatable bonds is 6. The minimum absolute atomic E-state index is 0.0923. The summed E-state index contributed by atoms with van der Waals surface area (Å²) in [6.45, 7) is 2.26. The summed E-state index contributed by atoms with van der Waals surface area (Å²) in [5, 5.41) is 12.3. The summed E-state index contributed by atoms with van der Waals surface area (Å²) in [5.41, 5.74) is 1.70. The highest BCUT2D eigenvalue weighted by atomic mass is 35.5. The van der Waals surface area contributed by atoms with Crippen molar-refractivity contribution in [3.05, 3.63) is 46.6 Å². The van der Waals surface area contributed by atoms with Gasteiger partial charge < -0.3 is 10.6 Å². The number of hydrogen-bond acceptors (Lipinski definition) is 4. The molecule has 9 heteroatoms. The first-order chi connectivity index (χ1) is 12.4. The SMILES string of the molecule is Cc1cnn(Cc2ccccc2Cl)c1NC(=O)CC[C@H]1NC(=O)NC1=O. The summed E-state index contributed by atoms with van der Waals surface area (Å²) in [7, 11) is 0. The average Bonchev–Trinajstić information content (AvgIpc) is 3.10. The van der Waals surface area contributed by atoms with Crippen LogP contribution in [0.3, 0.4) is 0 Å². The lowest BCUT2D eigenvalue weighted by molar-refractivity contribution is -0.120. The number of carbonyl (C=O) groups excluding carboxylic acids is 3. The maximum Gasteiger partial charge on any atom is 0.322 e. The highest BCUT2D eigenvalue weighted by Crippen LogP contribution is 2.20. The zero-order chi connectivity index (χ0) is 18.7. The number of imide groups is 1. The molecule has 0 spiro atoms. The number of nitrogens with one attached hydrogen (secondary N) is 3. The van der Waals surface area contributed by atoms with E-state index in [1.165, 1.54) is 0 Å². The van der Waals surface area contributed by atoms with Gasteiger partial charge in [0.1, 0.15) is 11.9 Å². The standard InChI is InChI=1S/C17H18ClN5O3/c1-10-8-19-23(9-11-4-2-3-5-12(11)18)15(10)21-14(24)7-6-13-16(25)22-17(26)20-13/h2-5,8,13H,6-7,9H2,1H3,(H,21,24)(H2,20,22,25,26)/t13-/m1/s1. The second-order valence-corrected chi connectivity index (χ2v) is 6.43. The Labute approximate surface area is 154 Å². The zero-order valence-electron chi connectivity index (χ0n) is 14.1. The fourth-order valence-electron chi connectivity index (χ4n) is 2.68. The molecule has 1 aromatic carbocycles. The molecule has 0 bridgehead atoms. The lowest BCUT2D eigenvalue weighted by Gasteiger charge is -2.12. The zero-order valence-corrected chi connectivity index (χ0v) is 14.8. The smallest absolute Gasteiger partial charge is 0.322 e. The molecule has 136 valence electrons. The molecule has 0 saturated carbocycles. The third-order valence-corrected chi connectivity index (χ3v) is 4.45. The fourth-order valence-corrected chi connectivity index (χ4v) is 2.88. The van der Waals surface area contributed by atoms with Crippen LogP contribution in [0.5, 0.6) is 0 Å². The second kappa shape index (κ2) is 7.57. The predicted molar refractivity (Wildman–Crippen MR) is 95.8 cm³/mol. The molecular weight excluding hydrogens is 358 g/mol. The molecule has 1 saturated heterocycles. The van der Waals surface area contributed by atoms with Crippen molar-refractivity contribution in [1.29, 1.82) is 0 Å². The molecule has 2 aromatic rings. The molecule has 4 amide bonds. The molecule has 1 aliphatic rings. The number of aromatic nitrogens is 2. The predicted octanol–water partition coefficient (Wildman–Crippen LogP) is 1.82. The molecule has 1 atom stereocenters. The van der Waals surface area contributed by atoms with Crippen LogP contribution in [0.1, 0.15) is 24.0 Å². The van der Waals surface area contributed by atoms with Crippen molar-refractivity contribution in [3.63, 3.8) is 0 Å². The van der Waals surface area contributed by atoms with Crippen molar-refractivity contribution in [1.82, 2.24) is 20.4 Å². The average molecular weight is 376 g/mol. The van der Waals surface area contributed by atoms with Gasteiger partial charge in [-0.25, -0.2) is 9.48 Å². The number of amides is 4. The Morgan fingerprint density at radius 1 is 1.35 bits per heavy atom. The molecule has 3 rings (SSSR count). The Balaban J connectivity index is 1.63. The van der Waals surface area contributed by atoms with Gasteiger partial charge in [0, 0.05) is 17.0 Å². The molecule has 3 N–H and O–H groups in total. The molecule has 0 unspecified atom stereocenters. The Kier molecular flexibility index (Phi) is 5.22. The third kappa shape index (κ3) is 4.02. The summed E-state index contributed by atoms with van der Waals surface area (Å²) in [5.74, 6) is -0.0967. The van der Waals surface area contributed by atoms with E-state index in [0.29, 0.717) is 17.4 Å². The van der Waals surface area contributed by atoms with Crippen LogP contribution in [-0.4, -0.2) is 33.7 Å². The monoisotopic (exact) mass is 375 g/mol. The van der Waals surface area contributed by atoms with Gasteiger partial charge in [-0.15, -0.1) is 0 Å². The highest BCUT2D eigenvalue weighted by Gasteiger charge is 2.29. The van der Waals surface area contributed by atoms with E-state index in [9.17, 15) is 14.4 Å². The first kappa shape index (κ1) is 17.9. The van der Waals surface area contributed by atoms with E-state index in [1.54, 1.807) is 16.9 Å². The van der Waals surface area contributed by atoms with Crippen LogP contribution in [0.15, 0.2) is 30.5 Å². The van der Waals surface area contributed by atoms with Gasteiger partial charge in [-0.2, -0.15) is 5.10 Å². The van der Waals surface area contributed by atoms with Gasteiger partial charge in [-0.05, 0) is 25.0 Å². The normalized spacial score (nSPS) is 16.3. The van der Waals surface area contributed by atoms with Crippen molar-refractivity contribution in [3.8, 4) is 0 Å². The quantitative estimate of drug-likeness (QED) is 0.669. The van der Waals surface area contributed by atoms with Crippen LogP contribution < -0.4 is 16.0 Å². The van der Waals surface area contributed by atoms with Crippen LogP contribution in [-0.2, 0) is 16.1 Å². The van der Waals surface area contributed by atoms with Crippen molar-refractivity contribution in [2.75, 3.05) is 5.32 Å². The topological polar surface area (TPSA) is 105 Å².